The summed E-state index contributed by atoms with van der Waals surface area (Å²) in [5, 5.41) is 3.18. The highest BCUT2D eigenvalue weighted by molar-refractivity contribution is 9.10. The molecule has 19 heavy (non-hydrogen) atoms. The van der Waals surface area contributed by atoms with Gasteiger partial charge in [-0.05, 0) is 60.8 Å². The van der Waals surface area contributed by atoms with Crippen LogP contribution in [-0.4, -0.2) is 37.5 Å². The Labute approximate surface area is 128 Å². The molecule has 2 heterocycles. The van der Waals surface area contributed by atoms with Crippen molar-refractivity contribution >= 4 is 34.2 Å². The Balaban J connectivity index is 0.00000180. The molecule has 1 aromatic heterocycles. The predicted octanol–water partition coefficient (Wildman–Crippen LogP) is 2.93. The van der Waals surface area contributed by atoms with Crippen molar-refractivity contribution in [3.8, 4) is 0 Å². The summed E-state index contributed by atoms with van der Waals surface area (Å²) in [5.74, 6) is 1.16. The monoisotopic (exact) mass is 350 g/mol. The molecule has 0 bridgehead atoms. The van der Waals surface area contributed by atoms with E-state index in [0.717, 1.165) is 42.9 Å². The van der Waals surface area contributed by atoms with Gasteiger partial charge in [0.15, 0.2) is 0 Å². The third kappa shape index (κ3) is 4.23. The van der Waals surface area contributed by atoms with Crippen LogP contribution in [0.3, 0.4) is 0 Å². The number of hydrogen-bond acceptors (Lipinski definition) is 3. The molecule has 1 aliphatic heterocycles. The molecule has 1 N–H and O–H groups in total. The second-order valence-corrected chi connectivity index (χ2v) is 5.58. The summed E-state index contributed by atoms with van der Waals surface area (Å²) in [7, 11) is 1.98. The van der Waals surface area contributed by atoms with Crippen molar-refractivity contribution in [1.29, 1.82) is 0 Å². The van der Waals surface area contributed by atoms with Crippen molar-refractivity contribution in [2.75, 3.05) is 26.7 Å². The van der Waals surface area contributed by atoms with Crippen LogP contribution in [0.25, 0.3) is 0 Å². The quantitative estimate of drug-likeness (QED) is 0.907. The van der Waals surface area contributed by atoms with Crippen LogP contribution in [0.5, 0.6) is 0 Å². The van der Waals surface area contributed by atoms with Gasteiger partial charge in [-0.25, -0.2) is 0 Å². The number of nitrogens with one attached hydrogen (secondary N) is 1. The molecule has 1 amide bonds. The predicted molar refractivity (Wildman–Crippen MR) is 80.8 cm³/mol. The van der Waals surface area contributed by atoms with Crippen LogP contribution in [0, 0.1) is 5.92 Å². The van der Waals surface area contributed by atoms with Crippen molar-refractivity contribution < 1.29 is 9.21 Å². The minimum atomic E-state index is -0.000980. The first-order chi connectivity index (χ1) is 8.72. The molecule has 4 nitrogen and oxygen atoms in total. The van der Waals surface area contributed by atoms with Crippen LogP contribution in [0.15, 0.2) is 21.2 Å². The Bertz CT molecular complexity index is 403. The summed E-state index contributed by atoms with van der Waals surface area (Å²) in [6.45, 7) is 2.73. The smallest absolute Gasteiger partial charge is 0.290 e. The first kappa shape index (κ1) is 16.5. The molecule has 108 valence electrons. The fourth-order valence-corrected chi connectivity index (χ4v) is 2.73. The molecular weight excluding hydrogens is 332 g/mol. The Kier molecular flexibility index (Phi) is 6.89. The zero-order valence-corrected chi connectivity index (χ0v) is 13.4. The van der Waals surface area contributed by atoms with Crippen molar-refractivity contribution in [2.24, 2.45) is 5.92 Å². The highest BCUT2D eigenvalue weighted by atomic mass is 79.9. The normalized spacial score (nSPS) is 16.2. The lowest BCUT2D eigenvalue weighted by atomic mass is 9.93. The fraction of sp³-hybridized carbons (Fsp3) is 0.615. The summed E-state index contributed by atoms with van der Waals surface area (Å²) in [5.41, 5.74) is 0. The number of carbonyl (C=O) groups is 1. The summed E-state index contributed by atoms with van der Waals surface area (Å²) < 4.78 is 5.96. The zero-order valence-electron chi connectivity index (χ0n) is 11.0. The average molecular weight is 352 g/mol. The van der Waals surface area contributed by atoms with Crippen LogP contribution >= 0.6 is 28.3 Å². The number of hydrogen-bond donors (Lipinski definition) is 1. The third-order valence-corrected chi connectivity index (χ3v) is 4.14. The number of rotatable bonds is 4. The SMILES string of the molecule is CNCCC1CCN(C(=O)c2occc2Br)CC1.Cl. The van der Waals surface area contributed by atoms with Crippen LogP contribution in [0.4, 0.5) is 0 Å². The van der Waals surface area contributed by atoms with Gasteiger partial charge in [-0.1, -0.05) is 0 Å². The van der Waals surface area contributed by atoms with E-state index in [4.69, 9.17) is 4.42 Å². The average Bonchev–Trinajstić information content (AvgIpc) is 2.82. The van der Waals surface area contributed by atoms with E-state index >= 15 is 0 Å². The van der Waals surface area contributed by atoms with E-state index in [1.165, 1.54) is 12.7 Å². The van der Waals surface area contributed by atoms with Gasteiger partial charge in [0.05, 0.1) is 10.7 Å². The highest BCUT2D eigenvalue weighted by Gasteiger charge is 2.26. The number of likely N-dealkylation sites (tertiary alicyclic amines) is 1. The van der Waals surface area contributed by atoms with Gasteiger partial charge in [0.2, 0.25) is 5.76 Å². The minimum absolute atomic E-state index is 0. The van der Waals surface area contributed by atoms with E-state index in [1.807, 2.05) is 11.9 Å². The van der Waals surface area contributed by atoms with E-state index in [2.05, 4.69) is 21.2 Å². The lowest BCUT2D eigenvalue weighted by Crippen LogP contribution is -2.38. The summed E-state index contributed by atoms with van der Waals surface area (Å²) >= 11 is 3.33. The van der Waals surface area contributed by atoms with E-state index < -0.39 is 0 Å². The minimum Gasteiger partial charge on any atom is -0.458 e. The van der Waals surface area contributed by atoms with Gasteiger partial charge in [0.25, 0.3) is 5.91 Å². The first-order valence-electron chi connectivity index (χ1n) is 6.39. The van der Waals surface area contributed by atoms with Crippen LogP contribution < -0.4 is 5.32 Å². The van der Waals surface area contributed by atoms with Crippen molar-refractivity contribution in [1.82, 2.24) is 10.2 Å². The number of amides is 1. The molecule has 0 spiro atoms. The molecule has 1 aliphatic rings. The first-order valence-corrected chi connectivity index (χ1v) is 7.18. The zero-order chi connectivity index (χ0) is 13.0. The number of piperidine rings is 1. The maximum atomic E-state index is 12.2. The Morgan fingerprint density at radius 3 is 2.74 bits per heavy atom. The summed E-state index contributed by atoms with van der Waals surface area (Å²) in [4.78, 5) is 14.1. The van der Waals surface area contributed by atoms with Crippen molar-refractivity contribution in [3.63, 3.8) is 0 Å². The van der Waals surface area contributed by atoms with E-state index in [-0.39, 0.29) is 18.3 Å². The lowest BCUT2D eigenvalue weighted by molar-refractivity contribution is 0.0654. The largest absolute Gasteiger partial charge is 0.458 e. The second-order valence-electron chi connectivity index (χ2n) is 4.73. The fourth-order valence-electron chi connectivity index (χ4n) is 2.36. The Morgan fingerprint density at radius 2 is 2.21 bits per heavy atom. The Morgan fingerprint density at radius 1 is 1.53 bits per heavy atom. The highest BCUT2D eigenvalue weighted by Crippen LogP contribution is 2.24. The molecule has 0 unspecified atom stereocenters. The van der Waals surface area contributed by atoms with E-state index in [0.29, 0.717) is 5.76 Å². The number of nitrogens with zero attached hydrogens (tertiary/aromatic N) is 1. The maximum Gasteiger partial charge on any atom is 0.290 e. The summed E-state index contributed by atoms with van der Waals surface area (Å²) in [6, 6.07) is 1.76. The molecular formula is C13H20BrClN2O2. The molecule has 0 aromatic carbocycles. The molecule has 0 atom stereocenters. The molecule has 1 aromatic rings. The van der Waals surface area contributed by atoms with Gasteiger partial charge < -0.3 is 14.6 Å². The molecule has 0 radical (unpaired) electrons. The van der Waals surface area contributed by atoms with Gasteiger partial charge in [0.1, 0.15) is 0 Å². The van der Waals surface area contributed by atoms with Crippen LogP contribution in [0.2, 0.25) is 0 Å². The number of furan rings is 1. The van der Waals surface area contributed by atoms with Gasteiger partial charge in [-0.3, -0.25) is 4.79 Å². The van der Waals surface area contributed by atoms with E-state index in [1.54, 1.807) is 6.07 Å². The molecule has 1 saturated heterocycles. The standard InChI is InChI=1S/C13H19BrN2O2.ClH/c1-15-6-2-10-3-7-16(8-4-10)13(17)12-11(14)5-9-18-12;/h5,9-10,15H,2-4,6-8H2,1H3;1H. The maximum absolute atomic E-state index is 12.2. The van der Waals surface area contributed by atoms with Crippen LogP contribution in [-0.2, 0) is 0 Å². The Hall–Kier alpha value is -0.520. The van der Waals surface area contributed by atoms with Gasteiger partial charge in [0, 0.05) is 13.1 Å². The lowest BCUT2D eigenvalue weighted by Gasteiger charge is -2.31. The van der Waals surface area contributed by atoms with Crippen LogP contribution in [0.1, 0.15) is 29.8 Å². The molecule has 0 saturated carbocycles. The third-order valence-electron chi connectivity index (χ3n) is 3.52. The molecule has 6 heteroatoms. The summed E-state index contributed by atoms with van der Waals surface area (Å²) in [6.07, 6.45) is 4.91. The van der Waals surface area contributed by atoms with Crippen molar-refractivity contribution in [3.05, 3.63) is 22.6 Å². The number of carbonyl (C=O) groups excluding carboxylic acids is 1. The number of halogens is 2. The van der Waals surface area contributed by atoms with Crippen molar-refractivity contribution in [2.45, 2.75) is 19.3 Å². The van der Waals surface area contributed by atoms with E-state index in [9.17, 15) is 4.79 Å². The van der Waals surface area contributed by atoms with Gasteiger partial charge >= 0.3 is 0 Å². The molecule has 2 rings (SSSR count). The van der Waals surface area contributed by atoms with Gasteiger partial charge in [-0.15, -0.1) is 12.4 Å². The topological polar surface area (TPSA) is 45.5 Å². The molecule has 1 fully saturated rings. The molecule has 0 aliphatic carbocycles. The van der Waals surface area contributed by atoms with Gasteiger partial charge in [-0.2, -0.15) is 0 Å². The second kappa shape index (κ2) is 7.92.